The third kappa shape index (κ3) is 5.33. The van der Waals surface area contributed by atoms with Crippen LogP contribution >= 0.6 is 0 Å². The van der Waals surface area contributed by atoms with Crippen molar-refractivity contribution in [1.29, 1.82) is 0 Å². The second-order valence-corrected chi connectivity index (χ2v) is 23.0. The van der Waals surface area contributed by atoms with E-state index in [4.69, 9.17) is 8.83 Å². The van der Waals surface area contributed by atoms with Crippen LogP contribution in [0.4, 0.5) is 11.4 Å². The fraction of sp³-hybridized carbons (Fsp3) is 0.238. The first-order valence-corrected chi connectivity index (χ1v) is 24.5. The minimum atomic E-state index is -0.191. The molecule has 3 aliphatic rings. The summed E-state index contributed by atoms with van der Waals surface area (Å²) in [6.07, 6.45) is 2.28. The molecule has 3 aromatic heterocycles. The van der Waals surface area contributed by atoms with Gasteiger partial charge in [-0.15, -0.1) is 0 Å². The van der Waals surface area contributed by atoms with Crippen LogP contribution in [0.1, 0.15) is 103 Å². The van der Waals surface area contributed by atoms with E-state index in [0.29, 0.717) is 0 Å². The highest BCUT2D eigenvalue weighted by Crippen LogP contribution is 2.55. The van der Waals surface area contributed by atoms with Crippen molar-refractivity contribution in [3.05, 3.63) is 161 Å². The maximum Gasteiger partial charge on any atom is 0.198 e. The Bertz CT molecular complexity index is 4030. The molecule has 0 amide bonds. The van der Waals surface area contributed by atoms with Gasteiger partial charge < -0.3 is 18.7 Å². The van der Waals surface area contributed by atoms with Crippen LogP contribution in [0, 0.1) is 0 Å². The number of furan rings is 2. The number of nitrogens with one attached hydrogen (secondary N) is 1. The van der Waals surface area contributed by atoms with Gasteiger partial charge in [-0.05, 0) is 140 Å². The fourth-order valence-corrected chi connectivity index (χ4v) is 12.7. The van der Waals surface area contributed by atoms with Gasteiger partial charge in [-0.2, -0.15) is 0 Å². The van der Waals surface area contributed by atoms with Crippen molar-refractivity contribution in [1.82, 2.24) is 4.57 Å². The molecule has 0 unspecified atom stereocenters. The van der Waals surface area contributed by atoms with E-state index in [1.807, 2.05) is 0 Å². The average Bonchev–Trinajstić information content (AvgIpc) is 4.04. The Morgan fingerprint density at radius 2 is 1.24 bits per heavy atom. The Kier molecular flexibility index (Phi) is 7.77. The van der Waals surface area contributed by atoms with Crippen molar-refractivity contribution in [3.8, 4) is 27.9 Å². The Morgan fingerprint density at radius 1 is 0.559 bits per heavy atom. The molecule has 1 N–H and O–H groups in total. The number of aromatic nitrogens is 1. The van der Waals surface area contributed by atoms with E-state index in [1.165, 1.54) is 71.8 Å². The molecule has 0 saturated carbocycles. The number of benzene rings is 8. The van der Waals surface area contributed by atoms with Crippen LogP contribution < -0.4 is 16.2 Å². The van der Waals surface area contributed by atoms with Crippen molar-refractivity contribution in [2.45, 2.75) is 96.8 Å². The zero-order valence-corrected chi connectivity index (χ0v) is 40.5. The Balaban J connectivity index is 1.17. The number of hydrogen-bond donors (Lipinski definition) is 1. The molecule has 1 radical (unpaired) electrons. The SMILES string of the molecule is CC(C)(C)c1ccc(Nc2cc3c(cc2-c2c4c5c(c6cc7c(cc6n5-c5cc6c(cc5[B]4)oc4ccccc46)C(C)(C)CCC7(C)C)c4oc5ccccc5c24)-c2ccccc2C3(C)C)cc1. The maximum absolute atomic E-state index is 7.34. The monoisotopic (exact) mass is 881 g/mol. The molecule has 4 nitrogen and oxygen atoms in total. The summed E-state index contributed by atoms with van der Waals surface area (Å²) < 4.78 is 16.6. The van der Waals surface area contributed by atoms with Gasteiger partial charge in [0.15, 0.2) is 7.28 Å². The van der Waals surface area contributed by atoms with E-state index in [-0.39, 0.29) is 21.7 Å². The third-order valence-electron chi connectivity index (χ3n) is 16.6. The van der Waals surface area contributed by atoms with E-state index in [2.05, 4.69) is 213 Å². The summed E-state index contributed by atoms with van der Waals surface area (Å²) in [7, 11) is 2.46. The van der Waals surface area contributed by atoms with Gasteiger partial charge in [-0.3, -0.25) is 0 Å². The predicted octanol–water partition coefficient (Wildman–Crippen LogP) is 15.9. The standard InChI is InChI=1S/C63H54BN2O2/c1-60(2,3)34-22-24-35(25-23-34)65-48-31-44-39(36-16-10-13-19-43(36)63(44,8)9)28-41(48)54-55-38-18-12-15-21-52(38)68-59(55)56-42-29-45-46(62(6,7)27-26-61(45,4)5)32-49(42)66-50-30-40-37-17-11-14-20-51(37)67-53(40)33-47(50)64-57(54)58(56)66/h10-25,28-33,65H,26-27H2,1-9H3. The summed E-state index contributed by atoms with van der Waals surface area (Å²) in [6.45, 7) is 21.3. The van der Waals surface area contributed by atoms with E-state index in [1.54, 1.807) is 0 Å². The summed E-state index contributed by atoms with van der Waals surface area (Å²) in [5.74, 6) is 0. The molecule has 0 atom stereocenters. The van der Waals surface area contributed by atoms with E-state index in [9.17, 15) is 0 Å². The smallest absolute Gasteiger partial charge is 0.198 e. The molecule has 4 heterocycles. The van der Waals surface area contributed by atoms with Crippen LogP contribution in [0.25, 0.3) is 93.6 Å². The number of anilines is 2. The third-order valence-corrected chi connectivity index (χ3v) is 16.6. The summed E-state index contributed by atoms with van der Waals surface area (Å²) in [6, 6.07) is 49.9. The van der Waals surface area contributed by atoms with Crippen LogP contribution in [0.15, 0.2) is 142 Å². The molecule has 1 aliphatic heterocycles. The van der Waals surface area contributed by atoms with Crippen molar-refractivity contribution in [2.24, 2.45) is 0 Å². The highest BCUT2D eigenvalue weighted by molar-refractivity contribution is 6.74. The molecular weight excluding hydrogens is 828 g/mol. The number of fused-ring (bicyclic) bond motifs is 16. The number of hydrogen-bond acceptors (Lipinski definition) is 3. The molecule has 5 heteroatoms. The minimum Gasteiger partial charge on any atom is -0.456 e. The zero-order chi connectivity index (χ0) is 46.4. The second kappa shape index (κ2) is 13.2. The summed E-state index contributed by atoms with van der Waals surface area (Å²) in [5.41, 5.74) is 23.3. The van der Waals surface area contributed by atoms with Gasteiger partial charge in [-0.25, -0.2) is 0 Å². The fourth-order valence-electron chi connectivity index (χ4n) is 12.7. The van der Waals surface area contributed by atoms with E-state index in [0.717, 1.165) is 84.8 Å². The van der Waals surface area contributed by atoms with Crippen molar-refractivity contribution in [3.63, 3.8) is 0 Å². The van der Waals surface area contributed by atoms with Gasteiger partial charge in [0.25, 0.3) is 0 Å². The topological polar surface area (TPSA) is 43.2 Å². The first-order chi connectivity index (χ1) is 32.6. The summed E-state index contributed by atoms with van der Waals surface area (Å²) >= 11 is 0. The molecule has 0 fully saturated rings. The lowest BCUT2D eigenvalue weighted by atomic mass is 9.58. The predicted molar refractivity (Wildman–Crippen MR) is 287 cm³/mol. The van der Waals surface area contributed by atoms with Gasteiger partial charge in [0, 0.05) is 55.0 Å². The number of nitrogens with zero attached hydrogens (tertiary/aromatic N) is 1. The van der Waals surface area contributed by atoms with E-state index >= 15 is 0 Å². The summed E-state index contributed by atoms with van der Waals surface area (Å²) in [4.78, 5) is 0. The minimum absolute atomic E-state index is 0.0208. The number of para-hydroxylation sites is 2. The Hall–Kier alpha value is -6.98. The van der Waals surface area contributed by atoms with Crippen molar-refractivity contribution >= 4 is 95.3 Å². The molecule has 2 aliphatic carbocycles. The highest BCUT2D eigenvalue weighted by Gasteiger charge is 2.41. The molecule has 68 heavy (non-hydrogen) atoms. The molecule has 331 valence electrons. The van der Waals surface area contributed by atoms with Crippen molar-refractivity contribution < 1.29 is 8.83 Å². The second-order valence-electron chi connectivity index (χ2n) is 23.0. The first-order valence-electron chi connectivity index (χ1n) is 24.5. The van der Waals surface area contributed by atoms with Gasteiger partial charge in [0.2, 0.25) is 0 Å². The van der Waals surface area contributed by atoms with Crippen LogP contribution in [-0.4, -0.2) is 11.8 Å². The van der Waals surface area contributed by atoms with Gasteiger partial charge in [0.1, 0.15) is 22.3 Å². The largest absolute Gasteiger partial charge is 0.456 e. The lowest BCUT2D eigenvalue weighted by Crippen LogP contribution is -2.37. The lowest BCUT2D eigenvalue weighted by molar-refractivity contribution is 0.332. The zero-order valence-electron chi connectivity index (χ0n) is 40.5. The van der Waals surface area contributed by atoms with E-state index < -0.39 is 0 Å². The Morgan fingerprint density at radius 3 is 1.99 bits per heavy atom. The summed E-state index contributed by atoms with van der Waals surface area (Å²) in [5, 5.41) is 11.0. The quantitative estimate of drug-likeness (QED) is 0.180. The molecule has 0 spiro atoms. The number of rotatable bonds is 3. The Labute approximate surface area is 398 Å². The van der Waals surface area contributed by atoms with Crippen LogP contribution in [0.5, 0.6) is 0 Å². The molecule has 0 saturated heterocycles. The van der Waals surface area contributed by atoms with Gasteiger partial charge in [0.05, 0.1) is 16.4 Å². The van der Waals surface area contributed by atoms with Crippen LogP contribution in [-0.2, 0) is 21.7 Å². The van der Waals surface area contributed by atoms with Crippen LogP contribution in [0.3, 0.4) is 0 Å². The average molecular weight is 882 g/mol. The maximum atomic E-state index is 7.34. The molecule has 0 bridgehead atoms. The van der Waals surface area contributed by atoms with Gasteiger partial charge in [-0.1, -0.05) is 141 Å². The highest BCUT2D eigenvalue weighted by atomic mass is 16.3. The molecule has 8 aromatic carbocycles. The molecule has 11 aromatic rings. The van der Waals surface area contributed by atoms with Crippen molar-refractivity contribution in [2.75, 3.05) is 5.32 Å². The van der Waals surface area contributed by atoms with Gasteiger partial charge >= 0.3 is 0 Å². The lowest BCUT2D eigenvalue weighted by Gasteiger charge is -2.42. The van der Waals surface area contributed by atoms with Crippen LogP contribution in [0.2, 0.25) is 0 Å². The molecule has 14 rings (SSSR count). The first kappa shape index (κ1) is 40.1. The molecular formula is C63H54BN2O2. The normalized spacial score (nSPS) is 16.4.